The molecule has 1 fully saturated rings. The smallest absolute Gasteiger partial charge is 0.122 e. The van der Waals surface area contributed by atoms with E-state index in [9.17, 15) is 0 Å². The van der Waals surface area contributed by atoms with Crippen LogP contribution in [-0.4, -0.2) is 13.7 Å². The van der Waals surface area contributed by atoms with Gasteiger partial charge in [0.1, 0.15) is 5.75 Å². The zero-order valence-corrected chi connectivity index (χ0v) is 10.3. The second kappa shape index (κ2) is 5.07. The first kappa shape index (κ1) is 11.7. The predicted molar refractivity (Wildman–Crippen MR) is 67.0 cm³/mol. The molecular formula is C13H18ClNO. The molecule has 16 heavy (non-hydrogen) atoms. The molecule has 2 nitrogen and oxygen atoms in total. The van der Waals surface area contributed by atoms with Crippen LogP contribution in [0.25, 0.3) is 0 Å². The highest BCUT2D eigenvalue weighted by atomic mass is 35.5. The lowest BCUT2D eigenvalue weighted by molar-refractivity contribution is 0.182. The Morgan fingerprint density at radius 2 is 2.12 bits per heavy atom. The van der Waals surface area contributed by atoms with Crippen LogP contribution >= 0.6 is 11.6 Å². The standard InChI is InChI=1S/C13H18ClNO/c1-16-13-5-4-12(14)7-11(13)6-9-2-3-10(9)8-15/h4-5,7,9-10H,2-3,6,8,15H2,1H3. The first-order chi connectivity index (χ1) is 7.74. The minimum Gasteiger partial charge on any atom is -0.496 e. The van der Waals surface area contributed by atoms with Crippen LogP contribution in [-0.2, 0) is 6.42 Å². The number of nitrogens with two attached hydrogens (primary N) is 1. The molecule has 1 aliphatic carbocycles. The van der Waals surface area contributed by atoms with Crippen molar-refractivity contribution in [2.24, 2.45) is 17.6 Å². The molecule has 3 heteroatoms. The summed E-state index contributed by atoms with van der Waals surface area (Å²) in [4.78, 5) is 0. The molecule has 0 aliphatic heterocycles. The topological polar surface area (TPSA) is 35.2 Å². The maximum atomic E-state index is 6.01. The van der Waals surface area contributed by atoms with Crippen molar-refractivity contribution in [1.82, 2.24) is 0 Å². The van der Waals surface area contributed by atoms with Gasteiger partial charge in [-0.1, -0.05) is 11.6 Å². The number of rotatable bonds is 4. The first-order valence-electron chi connectivity index (χ1n) is 5.77. The van der Waals surface area contributed by atoms with E-state index in [1.54, 1.807) is 7.11 Å². The second-order valence-corrected chi connectivity index (χ2v) is 4.93. The van der Waals surface area contributed by atoms with Crippen molar-refractivity contribution in [1.29, 1.82) is 0 Å². The maximum Gasteiger partial charge on any atom is 0.122 e. The Labute approximate surface area is 102 Å². The van der Waals surface area contributed by atoms with Crippen LogP contribution in [0.4, 0.5) is 0 Å². The van der Waals surface area contributed by atoms with E-state index in [2.05, 4.69) is 0 Å². The summed E-state index contributed by atoms with van der Waals surface area (Å²) in [5, 5.41) is 0.777. The van der Waals surface area contributed by atoms with E-state index in [0.717, 1.165) is 23.7 Å². The average Bonchev–Trinajstić information content (AvgIpc) is 2.25. The van der Waals surface area contributed by atoms with Gasteiger partial charge in [0.15, 0.2) is 0 Å². The van der Waals surface area contributed by atoms with Crippen LogP contribution in [0.5, 0.6) is 5.75 Å². The van der Waals surface area contributed by atoms with Crippen molar-refractivity contribution in [2.75, 3.05) is 13.7 Å². The normalized spacial score (nSPS) is 23.9. The summed E-state index contributed by atoms with van der Waals surface area (Å²) in [7, 11) is 1.70. The summed E-state index contributed by atoms with van der Waals surface area (Å²) in [6, 6.07) is 5.81. The van der Waals surface area contributed by atoms with Gasteiger partial charge >= 0.3 is 0 Å². The lowest BCUT2D eigenvalue weighted by Crippen LogP contribution is -2.33. The molecule has 0 amide bonds. The summed E-state index contributed by atoms with van der Waals surface area (Å²) in [6.07, 6.45) is 3.58. The molecule has 0 spiro atoms. The number of benzene rings is 1. The monoisotopic (exact) mass is 239 g/mol. The molecule has 1 saturated carbocycles. The van der Waals surface area contributed by atoms with Gasteiger partial charge in [0.05, 0.1) is 7.11 Å². The molecule has 2 rings (SSSR count). The van der Waals surface area contributed by atoms with Crippen LogP contribution in [0.15, 0.2) is 18.2 Å². The molecule has 2 N–H and O–H groups in total. The van der Waals surface area contributed by atoms with Gasteiger partial charge in [-0.3, -0.25) is 0 Å². The molecule has 1 aliphatic rings. The van der Waals surface area contributed by atoms with Crippen molar-refractivity contribution in [3.63, 3.8) is 0 Å². The highest BCUT2D eigenvalue weighted by Crippen LogP contribution is 2.38. The maximum absolute atomic E-state index is 6.01. The average molecular weight is 240 g/mol. The SMILES string of the molecule is COc1ccc(Cl)cc1CC1CCC1CN. The van der Waals surface area contributed by atoms with Crippen LogP contribution in [0, 0.1) is 11.8 Å². The Morgan fingerprint density at radius 3 is 2.69 bits per heavy atom. The largest absolute Gasteiger partial charge is 0.496 e. The highest BCUT2D eigenvalue weighted by Gasteiger charge is 2.30. The summed E-state index contributed by atoms with van der Waals surface area (Å²) in [5.74, 6) is 2.33. The van der Waals surface area contributed by atoms with Gasteiger partial charge in [0, 0.05) is 5.02 Å². The zero-order valence-electron chi connectivity index (χ0n) is 9.58. The van der Waals surface area contributed by atoms with Crippen molar-refractivity contribution in [3.05, 3.63) is 28.8 Å². The first-order valence-corrected chi connectivity index (χ1v) is 6.15. The minimum atomic E-state index is 0.684. The molecule has 0 saturated heterocycles. The van der Waals surface area contributed by atoms with Crippen LogP contribution < -0.4 is 10.5 Å². The Bertz CT molecular complexity index is 365. The molecule has 1 aromatic rings. The van der Waals surface area contributed by atoms with Gasteiger partial charge in [-0.2, -0.15) is 0 Å². The third-order valence-corrected chi connectivity index (χ3v) is 3.84. The summed E-state index contributed by atoms with van der Waals surface area (Å²) < 4.78 is 5.35. The number of hydrogen-bond acceptors (Lipinski definition) is 2. The quantitative estimate of drug-likeness (QED) is 0.877. The van der Waals surface area contributed by atoms with E-state index in [1.165, 1.54) is 18.4 Å². The summed E-state index contributed by atoms with van der Waals surface area (Å²) in [5.41, 5.74) is 6.93. The van der Waals surface area contributed by atoms with Gasteiger partial charge in [0.2, 0.25) is 0 Å². The fraction of sp³-hybridized carbons (Fsp3) is 0.538. The van der Waals surface area contributed by atoms with E-state index in [4.69, 9.17) is 22.1 Å². The highest BCUT2D eigenvalue weighted by molar-refractivity contribution is 6.30. The molecule has 2 unspecified atom stereocenters. The number of halogens is 1. The van der Waals surface area contributed by atoms with Crippen LogP contribution in [0.2, 0.25) is 5.02 Å². The minimum absolute atomic E-state index is 0.684. The van der Waals surface area contributed by atoms with E-state index in [1.807, 2.05) is 18.2 Å². The fourth-order valence-corrected chi connectivity index (χ4v) is 2.60. The molecule has 0 aromatic heterocycles. The second-order valence-electron chi connectivity index (χ2n) is 4.49. The number of methoxy groups -OCH3 is 1. The predicted octanol–water partition coefficient (Wildman–Crippen LogP) is 2.88. The van der Waals surface area contributed by atoms with Gasteiger partial charge in [-0.15, -0.1) is 0 Å². The number of ether oxygens (including phenoxy) is 1. The third kappa shape index (κ3) is 2.33. The lowest BCUT2D eigenvalue weighted by Gasteiger charge is -2.36. The molecule has 2 atom stereocenters. The Hall–Kier alpha value is -0.730. The van der Waals surface area contributed by atoms with Crippen LogP contribution in [0.3, 0.4) is 0 Å². The van der Waals surface area contributed by atoms with E-state index in [0.29, 0.717) is 11.8 Å². The Kier molecular flexibility index (Phi) is 3.72. The molecule has 0 heterocycles. The summed E-state index contributed by atoms with van der Waals surface area (Å²) in [6.45, 7) is 0.799. The number of hydrogen-bond donors (Lipinski definition) is 1. The fourth-order valence-electron chi connectivity index (χ4n) is 2.41. The van der Waals surface area contributed by atoms with Gasteiger partial charge in [-0.05, 0) is 61.4 Å². The Balaban J connectivity index is 2.10. The van der Waals surface area contributed by atoms with Gasteiger partial charge in [-0.25, -0.2) is 0 Å². The lowest BCUT2D eigenvalue weighted by atomic mass is 9.71. The van der Waals surface area contributed by atoms with Crippen molar-refractivity contribution >= 4 is 11.6 Å². The van der Waals surface area contributed by atoms with E-state index in [-0.39, 0.29) is 0 Å². The molecule has 0 bridgehead atoms. The van der Waals surface area contributed by atoms with Crippen LogP contribution in [0.1, 0.15) is 18.4 Å². The Morgan fingerprint density at radius 1 is 1.38 bits per heavy atom. The molecular weight excluding hydrogens is 222 g/mol. The van der Waals surface area contributed by atoms with Gasteiger partial charge in [0.25, 0.3) is 0 Å². The molecule has 88 valence electrons. The summed E-state index contributed by atoms with van der Waals surface area (Å²) >= 11 is 6.01. The van der Waals surface area contributed by atoms with Crippen molar-refractivity contribution in [3.8, 4) is 5.75 Å². The van der Waals surface area contributed by atoms with Crippen molar-refractivity contribution < 1.29 is 4.74 Å². The van der Waals surface area contributed by atoms with Gasteiger partial charge < -0.3 is 10.5 Å². The van der Waals surface area contributed by atoms with Crippen molar-refractivity contribution in [2.45, 2.75) is 19.3 Å². The van der Waals surface area contributed by atoms with E-state index >= 15 is 0 Å². The zero-order chi connectivity index (χ0) is 11.5. The third-order valence-electron chi connectivity index (χ3n) is 3.60. The van der Waals surface area contributed by atoms with E-state index < -0.39 is 0 Å². The molecule has 0 radical (unpaired) electrons. The molecule has 1 aromatic carbocycles.